The zero-order valence-electron chi connectivity index (χ0n) is 13.1. The Bertz CT molecular complexity index is 1020. The van der Waals surface area contributed by atoms with Gasteiger partial charge in [0.15, 0.2) is 17.3 Å². The first-order chi connectivity index (χ1) is 12.2. The van der Waals surface area contributed by atoms with Crippen LogP contribution in [0.5, 0.6) is 0 Å². The Kier molecular flexibility index (Phi) is 4.12. The van der Waals surface area contributed by atoms with E-state index in [9.17, 15) is 4.79 Å². The van der Waals surface area contributed by atoms with E-state index in [1.54, 1.807) is 17.4 Å². The smallest absolute Gasteiger partial charge is 0.279 e. The number of nitrogens with one attached hydrogen (secondary N) is 1. The molecule has 0 atom stereocenters. The second kappa shape index (κ2) is 6.58. The summed E-state index contributed by atoms with van der Waals surface area (Å²) >= 11 is 2.75. The van der Waals surface area contributed by atoms with Crippen LogP contribution >= 0.6 is 22.9 Å². The Morgan fingerprint density at radius 1 is 1.16 bits per heavy atom. The predicted molar refractivity (Wildman–Crippen MR) is 97.9 cm³/mol. The first-order valence-corrected chi connectivity index (χ1v) is 9.02. The van der Waals surface area contributed by atoms with Crippen molar-refractivity contribution in [3.8, 4) is 22.0 Å². The highest BCUT2D eigenvalue weighted by Gasteiger charge is 2.16. The lowest BCUT2D eigenvalue weighted by atomic mass is 10.1. The zero-order valence-corrected chi connectivity index (χ0v) is 14.7. The molecule has 1 N–H and O–H groups in total. The van der Waals surface area contributed by atoms with Crippen LogP contribution in [0.1, 0.15) is 15.4 Å². The number of nitrogens with zero attached hydrogens (tertiary/aromatic N) is 3. The summed E-state index contributed by atoms with van der Waals surface area (Å²) in [6.07, 6.45) is 0. The zero-order chi connectivity index (χ0) is 17.2. The van der Waals surface area contributed by atoms with Crippen molar-refractivity contribution in [3.05, 3.63) is 59.1 Å². The Labute approximate surface area is 151 Å². The van der Waals surface area contributed by atoms with E-state index >= 15 is 0 Å². The van der Waals surface area contributed by atoms with Crippen LogP contribution in [0, 0.1) is 6.92 Å². The van der Waals surface area contributed by atoms with Crippen LogP contribution in [0.3, 0.4) is 0 Å². The van der Waals surface area contributed by atoms with Crippen molar-refractivity contribution in [2.24, 2.45) is 0 Å². The Morgan fingerprint density at radius 3 is 2.76 bits per heavy atom. The minimum Gasteiger partial charge on any atom is -0.355 e. The molecule has 25 heavy (non-hydrogen) atoms. The molecule has 0 aliphatic rings. The lowest BCUT2D eigenvalue weighted by Gasteiger charge is -1.95. The molecule has 6 nitrogen and oxygen atoms in total. The molecule has 3 aromatic heterocycles. The van der Waals surface area contributed by atoms with Gasteiger partial charge in [-0.05, 0) is 19.1 Å². The van der Waals surface area contributed by atoms with Crippen molar-refractivity contribution in [2.45, 2.75) is 6.92 Å². The first kappa shape index (κ1) is 15.7. The van der Waals surface area contributed by atoms with Gasteiger partial charge in [-0.25, -0.2) is 0 Å². The third-order valence-electron chi connectivity index (χ3n) is 3.41. The van der Waals surface area contributed by atoms with Crippen molar-refractivity contribution in [1.82, 2.24) is 14.5 Å². The summed E-state index contributed by atoms with van der Waals surface area (Å²) < 4.78 is 9.53. The van der Waals surface area contributed by atoms with E-state index in [0.29, 0.717) is 16.7 Å². The number of aromatic nitrogens is 3. The molecule has 3 heterocycles. The van der Waals surface area contributed by atoms with Crippen molar-refractivity contribution < 1.29 is 9.32 Å². The fourth-order valence-corrected chi connectivity index (χ4v) is 3.65. The molecule has 4 rings (SSSR count). The average molecular weight is 368 g/mol. The summed E-state index contributed by atoms with van der Waals surface area (Å²) in [7, 11) is 0. The lowest BCUT2D eigenvalue weighted by Crippen LogP contribution is -2.11. The number of rotatable bonds is 4. The molecule has 0 radical (unpaired) electrons. The molecule has 0 unspecified atom stereocenters. The van der Waals surface area contributed by atoms with Gasteiger partial charge in [0.25, 0.3) is 5.91 Å². The van der Waals surface area contributed by atoms with Gasteiger partial charge >= 0.3 is 0 Å². The summed E-state index contributed by atoms with van der Waals surface area (Å²) in [5.41, 5.74) is 1.06. The standard InChI is InChI=1S/C17H12N4O2S2/c1-10-7-8-14(24-10)15-18-17(25-21-15)19-16(22)12-9-13(23-20-12)11-5-3-2-4-6-11/h2-9H,1H3,(H,18,19,21,22). The van der Waals surface area contributed by atoms with E-state index in [0.717, 1.165) is 22.0 Å². The molecule has 0 bridgehead atoms. The normalized spacial score (nSPS) is 10.8. The number of thiophene rings is 1. The molecular weight excluding hydrogens is 356 g/mol. The van der Waals surface area contributed by atoms with Crippen LogP contribution in [0.4, 0.5) is 5.13 Å². The number of anilines is 1. The predicted octanol–water partition coefficient (Wildman–Crippen LogP) is 4.48. The van der Waals surface area contributed by atoms with Gasteiger partial charge in [0.1, 0.15) is 0 Å². The largest absolute Gasteiger partial charge is 0.355 e. The molecule has 0 saturated carbocycles. The highest BCUT2D eigenvalue weighted by molar-refractivity contribution is 7.15. The van der Waals surface area contributed by atoms with E-state index in [1.165, 1.54) is 4.88 Å². The monoisotopic (exact) mass is 368 g/mol. The molecular formula is C17H12N4O2S2. The Balaban J connectivity index is 1.49. The van der Waals surface area contributed by atoms with Crippen LogP contribution in [-0.4, -0.2) is 20.4 Å². The minimum atomic E-state index is -0.379. The summed E-state index contributed by atoms with van der Waals surface area (Å²) in [6, 6.07) is 15.1. The lowest BCUT2D eigenvalue weighted by molar-refractivity contribution is 0.101. The molecule has 0 aliphatic heterocycles. The fourth-order valence-electron chi connectivity index (χ4n) is 2.21. The number of carbonyl (C=O) groups excluding carboxylic acids is 1. The molecule has 4 aromatic rings. The van der Waals surface area contributed by atoms with E-state index in [1.807, 2.05) is 49.4 Å². The Hall–Kier alpha value is -2.84. The third-order valence-corrected chi connectivity index (χ3v) is 5.04. The van der Waals surface area contributed by atoms with Crippen molar-refractivity contribution in [2.75, 3.05) is 5.32 Å². The van der Waals surface area contributed by atoms with Gasteiger partial charge in [0.05, 0.1) is 4.88 Å². The number of aryl methyl sites for hydroxylation is 1. The number of hydrogen-bond acceptors (Lipinski definition) is 7. The highest BCUT2D eigenvalue weighted by atomic mass is 32.1. The quantitative estimate of drug-likeness (QED) is 0.574. The fraction of sp³-hybridized carbons (Fsp3) is 0.0588. The molecule has 1 aromatic carbocycles. The SMILES string of the molecule is Cc1ccc(-c2nsc(NC(=O)c3cc(-c4ccccc4)on3)n2)s1. The summed E-state index contributed by atoms with van der Waals surface area (Å²) in [5, 5.41) is 6.96. The molecule has 0 spiro atoms. The number of amides is 1. The van der Waals surface area contributed by atoms with Gasteiger partial charge < -0.3 is 4.52 Å². The van der Waals surface area contributed by atoms with Crippen LogP contribution in [0.15, 0.2) is 53.1 Å². The summed E-state index contributed by atoms with van der Waals surface area (Å²) in [4.78, 5) is 18.8. The van der Waals surface area contributed by atoms with Crippen LogP contribution in [0.25, 0.3) is 22.0 Å². The highest BCUT2D eigenvalue weighted by Crippen LogP contribution is 2.28. The average Bonchev–Trinajstić information content (AvgIpc) is 3.35. The second-order valence-electron chi connectivity index (χ2n) is 5.23. The first-order valence-electron chi connectivity index (χ1n) is 7.43. The van der Waals surface area contributed by atoms with E-state index < -0.39 is 0 Å². The van der Waals surface area contributed by atoms with Gasteiger partial charge in [-0.2, -0.15) is 9.36 Å². The number of carbonyl (C=O) groups is 1. The Morgan fingerprint density at radius 2 is 2.00 bits per heavy atom. The number of hydrogen-bond donors (Lipinski definition) is 1. The summed E-state index contributed by atoms with van der Waals surface area (Å²) in [5.74, 6) is 0.775. The summed E-state index contributed by atoms with van der Waals surface area (Å²) in [6.45, 7) is 2.03. The molecule has 0 saturated heterocycles. The van der Waals surface area contributed by atoms with Crippen LogP contribution < -0.4 is 5.32 Å². The van der Waals surface area contributed by atoms with Gasteiger partial charge in [0.2, 0.25) is 5.13 Å². The second-order valence-corrected chi connectivity index (χ2v) is 7.27. The van der Waals surface area contributed by atoms with E-state index in [4.69, 9.17) is 4.52 Å². The molecule has 0 fully saturated rings. The maximum Gasteiger partial charge on any atom is 0.279 e. The van der Waals surface area contributed by atoms with E-state index in [-0.39, 0.29) is 11.6 Å². The van der Waals surface area contributed by atoms with Crippen molar-refractivity contribution in [3.63, 3.8) is 0 Å². The van der Waals surface area contributed by atoms with Gasteiger partial charge in [0, 0.05) is 28.0 Å². The molecule has 8 heteroatoms. The molecule has 124 valence electrons. The topological polar surface area (TPSA) is 80.9 Å². The minimum absolute atomic E-state index is 0.197. The van der Waals surface area contributed by atoms with Crippen molar-refractivity contribution >= 4 is 33.9 Å². The number of benzene rings is 1. The van der Waals surface area contributed by atoms with Crippen molar-refractivity contribution in [1.29, 1.82) is 0 Å². The molecule has 1 amide bonds. The van der Waals surface area contributed by atoms with Crippen LogP contribution in [-0.2, 0) is 0 Å². The maximum atomic E-state index is 12.3. The van der Waals surface area contributed by atoms with Gasteiger partial charge in [-0.1, -0.05) is 35.5 Å². The van der Waals surface area contributed by atoms with Crippen LogP contribution in [0.2, 0.25) is 0 Å². The maximum absolute atomic E-state index is 12.3. The van der Waals surface area contributed by atoms with Gasteiger partial charge in [-0.15, -0.1) is 11.3 Å². The molecule has 0 aliphatic carbocycles. The van der Waals surface area contributed by atoms with Gasteiger partial charge in [-0.3, -0.25) is 10.1 Å². The van der Waals surface area contributed by atoms with E-state index in [2.05, 4.69) is 19.8 Å². The third kappa shape index (κ3) is 3.35.